The van der Waals surface area contributed by atoms with Crippen LogP contribution in [0.4, 0.5) is 0 Å². The Morgan fingerprint density at radius 2 is 1.92 bits per heavy atom. The van der Waals surface area contributed by atoms with Crippen LogP contribution >= 0.6 is 11.3 Å². The van der Waals surface area contributed by atoms with E-state index in [0.717, 1.165) is 30.8 Å². The maximum absolute atomic E-state index is 4.70. The van der Waals surface area contributed by atoms with Crippen molar-refractivity contribution in [3.8, 4) is 11.3 Å². The van der Waals surface area contributed by atoms with Gasteiger partial charge in [0.05, 0.1) is 33.4 Å². The van der Waals surface area contributed by atoms with Gasteiger partial charge in [0.1, 0.15) is 0 Å². The van der Waals surface area contributed by atoms with Gasteiger partial charge in [0.2, 0.25) is 0 Å². The minimum absolute atomic E-state index is 0.355. The van der Waals surface area contributed by atoms with Gasteiger partial charge < -0.3 is 4.57 Å². The molecule has 1 aliphatic heterocycles. The quantitative estimate of drug-likeness (QED) is 0.529. The average Bonchev–Trinajstić information content (AvgIpc) is 3.33. The lowest BCUT2D eigenvalue weighted by atomic mass is 10.0. The standard InChI is InChI=1S/C21H20N4S/c1-15(17-7-8-20-18(11-17)23-14-26-20)24-9-10-25-13-22-21(19(25)12-24)16-5-3-2-4-6-16/h2-8,11,13-15H,9-10,12H2,1H3. The molecule has 0 fully saturated rings. The van der Waals surface area contributed by atoms with Gasteiger partial charge >= 0.3 is 0 Å². The van der Waals surface area contributed by atoms with Crippen LogP contribution in [-0.2, 0) is 13.1 Å². The van der Waals surface area contributed by atoms with E-state index in [9.17, 15) is 0 Å². The number of imidazole rings is 1. The Hall–Kier alpha value is -2.50. The van der Waals surface area contributed by atoms with E-state index in [0.29, 0.717) is 6.04 Å². The number of rotatable bonds is 3. The number of hydrogen-bond donors (Lipinski definition) is 0. The van der Waals surface area contributed by atoms with Crippen LogP contribution in [0.25, 0.3) is 21.5 Å². The normalized spacial score (nSPS) is 15.9. The number of nitrogens with zero attached hydrogens (tertiary/aromatic N) is 4. The summed E-state index contributed by atoms with van der Waals surface area (Å²) in [6, 6.07) is 17.5. The molecule has 0 radical (unpaired) electrons. The molecule has 2 aromatic carbocycles. The summed E-state index contributed by atoms with van der Waals surface area (Å²) in [4.78, 5) is 11.7. The minimum atomic E-state index is 0.355. The Kier molecular flexibility index (Phi) is 3.84. The summed E-state index contributed by atoms with van der Waals surface area (Å²) in [6.45, 7) is 5.23. The fourth-order valence-electron chi connectivity index (χ4n) is 3.79. The van der Waals surface area contributed by atoms with Gasteiger partial charge in [0, 0.05) is 31.2 Å². The number of thiazole rings is 1. The summed E-state index contributed by atoms with van der Waals surface area (Å²) in [5.41, 5.74) is 7.97. The summed E-state index contributed by atoms with van der Waals surface area (Å²) in [6.07, 6.45) is 1.99. The Balaban J connectivity index is 1.45. The van der Waals surface area contributed by atoms with Crippen molar-refractivity contribution in [3.05, 3.63) is 71.6 Å². The molecule has 3 heterocycles. The Labute approximate surface area is 156 Å². The van der Waals surface area contributed by atoms with Crippen molar-refractivity contribution in [2.45, 2.75) is 26.1 Å². The highest BCUT2D eigenvalue weighted by atomic mass is 32.1. The summed E-state index contributed by atoms with van der Waals surface area (Å²) in [5.74, 6) is 0. The minimum Gasteiger partial charge on any atom is -0.332 e. The van der Waals surface area contributed by atoms with Gasteiger partial charge in [0.15, 0.2) is 0 Å². The predicted molar refractivity (Wildman–Crippen MR) is 106 cm³/mol. The predicted octanol–water partition coefficient (Wildman–Crippen LogP) is 4.74. The molecule has 1 unspecified atom stereocenters. The van der Waals surface area contributed by atoms with E-state index < -0.39 is 0 Å². The first-order chi connectivity index (χ1) is 12.8. The highest BCUT2D eigenvalue weighted by Gasteiger charge is 2.25. The maximum atomic E-state index is 4.70. The molecule has 5 rings (SSSR count). The highest BCUT2D eigenvalue weighted by Crippen LogP contribution is 2.31. The molecule has 0 amide bonds. The van der Waals surface area contributed by atoms with Crippen molar-refractivity contribution in [2.24, 2.45) is 0 Å². The summed E-state index contributed by atoms with van der Waals surface area (Å²) in [5, 5.41) is 0. The molecule has 1 atom stereocenters. The molecule has 26 heavy (non-hydrogen) atoms. The van der Waals surface area contributed by atoms with Crippen molar-refractivity contribution in [2.75, 3.05) is 6.54 Å². The van der Waals surface area contributed by atoms with Crippen LogP contribution in [0, 0.1) is 0 Å². The first-order valence-corrected chi connectivity index (χ1v) is 9.84. The second-order valence-electron chi connectivity index (χ2n) is 6.83. The third-order valence-electron chi connectivity index (χ3n) is 5.36. The first kappa shape index (κ1) is 15.7. The second-order valence-corrected chi connectivity index (χ2v) is 7.71. The van der Waals surface area contributed by atoms with Crippen LogP contribution in [-0.4, -0.2) is 26.0 Å². The Morgan fingerprint density at radius 1 is 1.04 bits per heavy atom. The number of fused-ring (bicyclic) bond motifs is 2. The van der Waals surface area contributed by atoms with Gasteiger partial charge in [-0.25, -0.2) is 9.97 Å². The van der Waals surface area contributed by atoms with Crippen molar-refractivity contribution >= 4 is 21.6 Å². The lowest BCUT2D eigenvalue weighted by Gasteiger charge is -2.34. The molecule has 2 aromatic heterocycles. The van der Waals surface area contributed by atoms with Crippen molar-refractivity contribution < 1.29 is 0 Å². The van der Waals surface area contributed by atoms with Crippen molar-refractivity contribution in [1.29, 1.82) is 0 Å². The fraction of sp³-hybridized carbons (Fsp3) is 0.238. The largest absolute Gasteiger partial charge is 0.332 e. The lowest BCUT2D eigenvalue weighted by molar-refractivity contribution is 0.167. The molecule has 0 spiro atoms. The first-order valence-electron chi connectivity index (χ1n) is 8.96. The molecule has 4 nitrogen and oxygen atoms in total. The van der Waals surface area contributed by atoms with Gasteiger partial charge in [-0.1, -0.05) is 36.4 Å². The molecule has 1 aliphatic rings. The monoisotopic (exact) mass is 360 g/mol. The maximum Gasteiger partial charge on any atom is 0.0956 e. The van der Waals surface area contributed by atoms with Crippen LogP contribution in [0.5, 0.6) is 0 Å². The number of hydrogen-bond acceptors (Lipinski definition) is 4. The van der Waals surface area contributed by atoms with E-state index in [1.807, 2.05) is 11.8 Å². The van der Waals surface area contributed by atoms with Crippen molar-refractivity contribution in [1.82, 2.24) is 19.4 Å². The van der Waals surface area contributed by atoms with Crippen LogP contribution in [0.15, 0.2) is 60.4 Å². The molecular weight excluding hydrogens is 340 g/mol. The third kappa shape index (κ3) is 2.64. The molecule has 0 aliphatic carbocycles. The zero-order chi connectivity index (χ0) is 17.5. The van der Waals surface area contributed by atoms with Crippen LogP contribution in [0.1, 0.15) is 24.2 Å². The zero-order valence-electron chi connectivity index (χ0n) is 14.7. The van der Waals surface area contributed by atoms with E-state index in [1.165, 1.54) is 21.5 Å². The second kappa shape index (κ2) is 6.34. The molecule has 5 heteroatoms. The van der Waals surface area contributed by atoms with E-state index in [4.69, 9.17) is 4.98 Å². The summed E-state index contributed by atoms with van der Waals surface area (Å²) >= 11 is 1.70. The van der Waals surface area contributed by atoms with Crippen LogP contribution in [0.3, 0.4) is 0 Å². The molecule has 0 bridgehead atoms. The molecular formula is C21H20N4S. The topological polar surface area (TPSA) is 34.0 Å². The zero-order valence-corrected chi connectivity index (χ0v) is 15.5. The average molecular weight is 360 g/mol. The fourth-order valence-corrected chi connectivity index (χ4v) is 4.45. The molecule has 0 saturated heterocycles. The SMILES string of the molecule is CC(c1ccc2scnc2c1)N1CCn2cnc(-c3ccccc3)c2C1. The van der Waals surface area contributed by atoms with Gasteiger partial charge in [0.25, 0.3) is 0 Å². The molecule has 4 aromatic rings. The number of benzene rings is 2. The van der Waals surface area contributed by atoms with Crippen LogP contribution < -0.4 is 0 Å². The molecule has 0 saturated carbocycles. The van der Waals surface area contributed by atoms with Crippen LogP contribution in [0.2, 0.25) is 0 Å². The Bertz CT molecular complexity index is 1050. The van der Waals surface area contributed by atoms with E-state index in [2.05, 4.69) is 69.9 Å². The van der Waals surface area contributed by atoms with Crippen molar-refractivity contribution in [3.63, 3.8) is 0 Å². The van der Waals surface area contributed by atoms with E-state index in [1.54, 1.807) is 11.3 Å². The van der Waals surface area contributed by atoms with Gasteiger partial charge in [-0.15, -0.1) is 11.3 Å². The summed E-state index contributed by atoms with van der Waals surface area (Å²) < 4.78 is 3.55. The Morgan fingerprint density at radius 3 is 2.81 bits per heavy atom. The molecule has 0 N–H and O–H groups in total. The van der Waals surface area contributed by atoms with Gasteiger partial charge in [-0.3, -0.25) is 4.90 Å². The number of aromatic nitrogens is 3. The lowest BCUT2D eigenvalue weighted by Crippen LogP contribution is -2.35. The smallest absolute Gasteiger partial charge is 0.0956 e. The third-order valence-corrected chi connectivity index (χ3v) is 6.17. The molecule has 130 valence electrons. The van der Waals surface area contributed by atoms with Gasteiger partial charge in [-0.2, -0.15) is 0 Å². The highest BCUT2D eigenvalue weighted by molar-refractivity contribution is 7.16. The summed E-state index contributed by atoms with van der Waals surface area (Å²) in [7, 11) is 0. The van der Waals surface area contributed by atoms with E-state index in [-0.39, 0.29) is 0 Å². The van der Waals surface area contributed by atoms with E-state index >= 15 is 0 Å². The van der Waals surface area contributed by atoms with Gasteiger partial charge in [-0.05, 0) is 24.6 Å².